The van der Waals surface area contributed by atoms with E-state index in [2.05, 4.69) is 27.5 Å². The SMILES string of the molecule is COc1ccc(-c2cn3nc(SCC(=O)NCCc4ccccc4)ccc3n2)cc1. The smallest absolute Gasteiger partial charge is 0.230 e. The molecule has 0 unspecified atom stereocenters. The van der Waals surface area contributed by atoms with Crippen LogP contribution in [0.25, 0.3) is 16.9 Å². The number of rotatable bonds is 8. The van der Waals surface area contributed by atoms with Crippen molar-refractivity contribution in [2.45, 2.75) is 11.4 Å². The zero-order valence-electron chi connectivity index (χ0n) is 16.6. The van der Waals surface area contributed by atoms with Gasteiger partial charge in [-0.1, -0.05) is 42.1 Å². The fourth-order valence-corrected chi connectivity index (χ4v) is 3.71. The third-order valence-electron chi connectivity index (χ3n) is 4.61. The minimum Gasteiger partial charge on any atom is -0.497 e. The van der Waals surface area contributed by atoms with Crippen LogP contribution in [0.4, 0.5) is 0 Å². The van der Waals surface area contributed by atoms with Crippen LogP contribution in [0.1, 0.15) is 5.56 Å². The summed E-state index contributed by atoms with van der Waals surface area (Å²) in [5.74, 6) is 1.14. The molecule has 0 aliphatic heterocycles. The van der Waals surface area contributed by atoms with Gasteiger partial charge in [-0.3, -0.25) is 4.79 Å². The molecule has 0 aliphatic rings. The van der Waals surface area contributed by atoms with Crippen LogP contribution in [0.15, 0.2) is 78.0 Å². The maximum absolute atomic E-state index is 12.1. The summed E-state index contributed by atoms with van der Waals surface area (Å²) in [6.45, 7) is 0.628. The number of hydrogen-bond acceptors (Lipinski definition) is 5. The quantitative estimate of drug-likeness (QED) is 0.440. The van der Waals surface area contributed by atoms with Gasteiger partial charge in [-0.2, -0.15) is 5.10 Å². The largest absolute Gasteiger partial charge is 0.497 e. The number of hydrogen-bond donors (Lipinski definition) is 1. The number of carbonyl (C=O) groups excluding carboxylic acids is 1. The van der Waals surface area contributed by atoms with Gasteiger partial charge in [-0.05, 0) is 48.4 Å². The first-order chi connectivity index (χ1) is 14.7. The van der Waals surface area contributed by atoms with E-state index in [1.54, 1.807) is 11.6 Å². The molecule has 1 amide bonds. The summed E-state index contributed by atoms with van der Waals surface area (Å²) in [6.07, 6.45) is 2.71. The van der Waals surface area contributed by atoms with Crippen molar-refractivity contribution in [3.63, 3.8) is 0 Å². The lowest BCUT2D eigenvalue weighted by Crippen LogP contribution is -2.27. The number of ether oxygens (including phenoxy) is 1. The molecule has 0 aliphatic carbocycles. The molecule has 0 atom stereocenters. The van der Waals surface area contributed by atoms with Crippen LogP contribution in [-0.2, 0) is 11.2 Å². The first-order valence-corrected chi connectivity index (χ1v) is 10.6. The lowest BCUT2D eigenvalue weighted by atomic mass is 10.1. The molecule has 0 saturated carbocycles. The average Bonchev–Trinajstić information content (AvgIpc) is 3.22. The second-order valence-electron chi connectivity index (χ2n) is 6.70. The number of carbonyl (C=O) groups is 1. The van der Waals surface area contributed by atoms with E-state index >= 15 is 0 Å². The molecule has 2 aromatic carbocycles. The second kappa shape index (κ2) is 9.45. The number of nitrogens with zero attached hydrogens (tertiary/aromatic N) is 3. The minimum absolute atomic E-state index is 0.00220. The molecule has 0 bridgehead atoms. The predicted molar refractivity (Wildman–Crippen MR) is 119 cm³/mol. The van der Waals surface area contributed by atoms with Crippen LogP contribution in [0.2, 0.25) is 0 Å². The highest BCUT2D eigenvalue weighted by Gasteiger charge is 2.08. The first kappa shape index (κ1) is 20.0. The van der Waals surface area contributed by atoms with Crippen LogP contribution < -0.4 is 10.1 Å². The van der Waals surface area contributed by atoms with Crippen LogP contribution in [0, 0.1) is 0 Å². The topological polar surface area (TPSA) is 68.5 Å². The molecule has 2 aromatic heterocycles. The number of fused-ring (bicyclic) bond motifs is 1. The fourth-order valence-electron chi connectivity index (χ4n) is 3.02. The van der Waals surface area contributed by atoms with Gasteiger partial charge < -0.3 is 10.1 Å². The highest BCUT2D eigenvalue weighted by Crippen LogP contribution is 2.23. The highest BCUT2D eigenvalue weighted by molar-refractivity contribution is 7.99. The average molecular weight is 419 g/mol. The maximum atomic E-state index is 12.1. The van der Waals surface area contributed by atoms with Crippen molar-refractivity contribution in [3.8, 4) is 17.0 Å². The summed E-state index contributed by atoms with van der Waals surface area (Å²) >= 11 is 1.41. The molecule has 0 fully saturated rings. The number of nitrogens with one attached hydrogen (secondary N) is 1. The van der Waals surface area contributed by atoms with Gasteiger partial charge in [0.2, 0.25) is 5.91 Å². The summed E-state index contributed by atoms with van der Waals surface area (Å²) in [4.78, 5) is 16.7. The van der Waals surface area contributed by atoms with E-state index in [0.29, 0.717) is 12.3 Å². The van der Waals surface area contributed by atoms with Crippen molar-refractivity contribution in [1.29, 1.82) is 0 Å². The Morgan fingerprint density at radius 3 is 2.63 bits per heavy atom. The Labute approximate surface area is 179 Å². The zero-order valence-corrected chi connectivity index (χ0v) is 17.4. The van der Waals surface area contributed by atoms with Crippen molar-refractivity contribution in [2.75, 3.05) is 19.4 Å². The summed E-state index contributed by atoms with van der Waals surface area (Å²) < 4.78 is 6.94. The normalized spacial score (nSPS) is 10.8. The molecule has 1 N–H and O–H groups in total. The van der Waals surface area contributed by atoms with Gasteiger partial charge in [-0.15, -0.1) is 0 Å². The van der Waals surface area contributed by atoms with Crippen molar-refractivity contribution in [1.82, 2.24) is 19.9 Å². The number of imidazole rings is 1. The van der Waals surface area contributed by atoms with Gasteiger partial charge in [0.15, 0.2) is 5.65 Å². The molecule has 7 heteroatoms. The molecule has 6 nitrogen and oxygen atoms in total. The summed E-state index contributed by atoms with van der Waals surface area (Å²) in [5, 5.41) is 8.30. The van der Waals surface area contributed by atoms with Crippen molar-refractivity contribution >= 4 is 23.3 Å². The Hall–Kier alpha value is -3.32. The fraction of sp³-hybridized carbons (Fsp3) is 0.174. The van der Waals surface area contributed by atoms with E-state index in [1.165, 1.54) is 17.3 Å². The van der Waals surface area contributed by atoms with Gasteiger partial charge >= 0.3 is 0 Å². The monoisotopic (exact) mass is 418 g/mol. The standard InChI is InChI=1S/C23H22N4O2S/c1-29-19-9-7-18(8-10-19)20-15-27-21(25-20)11-12-23(26-27)30-16-22(28)24-14-13-17-5-3-2-4-6-17/h2-12,15H,13-14,16H2,1H3,(H,24,28). The van der Waals surface area contributed by atoms with Crippen molar-refractivity contribution in [2.24, 2.45) is 0 Å². The van der Waals surface area contributed by atoms with E-state index in [1.807, 2.05) is 60.8 Å². The number of methoxy groups -OCH3 is 1. The van der Waals surface area contributed by atoms with Gasteiger partial charge in [-0.25, -0.2) is 9.50 Å². The summed E-state index contributed by atoms with van der Waals surface area (Å²) in [7, 11) is 1.65. The number of thioether (sulfide) groups is 1. The first-order valence-electron chi connectivity index (χ1n) is 9.65. The van der Waals surface area contributed by atoms with Crippen molar-refractivity contribution < 1.29 is 9.53 Å². The van der Waals surface area contributed by atoms with Crippen molar-refractivity contribution in [3.05, 3.63) is 78.5 Å². The number of amides is 1. The van der Waals surface area contributed by atoms with Gasteiger partial charge in [0.25, 0.3) is 0 Å². The Morgan fingerprint density at radius 1 is 1.07 bits per heavy atom. The van der Waals surface area contributed by atoms with E-state index in [4.69, 9.17) is 4.74 Å². The molecule has 2 heterocycles. The molecule has 0 spiro atoms. The summed E-state index contributed by atoms with van der Waals surface area (Å²) in [6, 6.07) is 21.7. The third kappa shape index (κ3) is 4.99. The van der Waals surface area contributed by atoms with E-state index in [9.17, 15) is 4.79 Å². The number of benzene rings is 2. The van der Waals surface area contributed by atoms with Crippen LogP contribution in [0.5, 0.6) is 5.75 Å². The van der Waals surface area contributed by atoms with Crippen LogP contribution in [-0.4, -0.2) is 39.9 Å². The lowest BCUT2D eigenvalue weighted by Gasteiger charge is -2.05. The number of aromatic nitrogens is 3. The molecule has 0 radical (unpaired) electrons. The predicted octanol–water partition coefficient (Wildman–Crippen LogP) is 3.86. The molecule has 30 heavy (non-hydrogen) atoms. The van der Waals surface area contributed by atoms with E-state index in [-0.39, 0.29) is 5.91 Å². The molecule has 152 valence electrons. The molecular weight excluding hydrogens is 396 g/mol. The molecular formula is C23H22N4O2S. The Morgan fingerprint density at radius 2 is 1.87 bits per heavy atom. The molecule has 4 aromatic rings. The minimum atomic E-state index is 0.00220. The Balaban J connectivity index is 1.33. The lowest BCUT2D eigenvalue weighted by molar-refractivity contribution is -0.118. The van der Waals surface area contributed by atoms with E-state index in [0.717, 1.165) is 34.1 Å². The highest BCUT2D eigenvalue weighted by atomic mass is 32.2. The van der Waals surface area contributed by atoms with Gasteiger partial charge in [0, 0.05) is 12.1 Å². The van der Waals surface area contributed by atoms with Gasteiger partial charge in [0.1, 0.15) is 10.8 Å². The third-order valence-corrected chi connectivity index (χ3v) is 5.53. The van der Waals surface area contributed by atoms with Gasteiger partial charge in [0.05, 0.1) is 24.8 Å². The second-order valence-corrected chi connectivity index (χ2v) is 7.70. The molecule has 4 rings (SSSR count). The Bertz CT molecular complexity index is 1130. The van der Waals surface area contributed by atoms with E-state index < -0.39 is 0 Å². The Kier molecular flexibility index (Phi) is 6.29. The molecule has 0 saturated heterocycles. The van der Waals surface area contributed by atoms with Crippen LogP contribution in [0.3, 0.4) is 0 Å². The zero-order chi connectivity index (χ0) is 20.8. The maximum Gasteiger partial charge on any atom is 0.230 e. The summed E-state index contributed by atoms with van der Waals surface area (Å²) in [5.41, 5.74) is 3.81. The van der Waals surface area contributed by atoms with Crippen LogP contribution >= 0.6 is 11.8 Å².